The van der Waals surface area contributed by atoms with Gasteiger partial charge in [-0.05, 0) is 63.8 Å². The summed E-state index contributed by atoms with van der Waals surface area (Å²) in [4.78, 5) is 22.1. The van der Waals surface area contributed by atoms with Crippen LogP contribution in [0.5, 0.6) is 0 Å². The van der Waals surface area contributed by atoms with E-state index < -0.39 is 8.56 Å². The van der Waals surface area contributed by atoms with Crippen LogP contribution in [0.4, 0.5) is 0 Å². The van der Waals surface area contributed by atoms with Crippen molar-refractivity contribution < 1.29 is 9.59 Å². The zero-order valence-electron chi connectivity index (χ0n) is 13.7. The van der Waals surface area contributed by atoms with Gasteiger partial charge in [0.15, 0.2) is 0 Å². The molecule has 0 aliphatic carbocycles. The Labute approximate surface area is 128 Å². The molecule has 0 heterocycles. The maximum atomic E-state index is 11.1. The van der Waals surface area contributed by atoms with Crippen molar-refractivity contribution in [3.8, 4) is 0 Å². The molecule has 112 valence electrons. The van der Waals surface area contributed by atoms with Crippen LogP contribution in [0.1, 0.15) is 33.4 Å². The summed E-state index contributed by atoms with van der Waals surface area (Å²) in [6, 6.07) is 8.09. The Kier molecular flexibility index (Phi) is 4.11. The molecular formula is C18H24O2Si. The molecule has 0 spiro atoms. The van der Waals surface area contributed by atoms with Crippen LogP contribution in [-0.2, 0) is 0 Å². The van der Waals surface area contributed by atoms with Gasteiger partial charge in [0.1, 0.15) is 0 Å². The molecule has 0 radical (unpaired) electrons. The van der Waals surface area contributed by atoms with E-state index in [0.29, 0.717) is 0 Å². The van der Waals surface area contributed by atoms with Crippen molar-refractivity contribution in [1.29, 1.82) is 0 Å². The minimum Gasteiger partial charge on any atom is -0.404 e. The van der Waals surface area contributed by atoms with Crippen LogP contribution in [0.2, 0.25) is 0 Å². The minimum atomic E-state index is -3.68. The summed E-state index contributed by atoms with van der Waals surface area (Å²) in [5.74, 6) is 0. The highest BCUT2D eigenvalue weighted by Crippen LogP contribution is 2.15. The standard InChI is InChI=1S/C18H24O2Si/c1-11-7-13(3)17(14(4)8-11)21(19,20)18-15(5)9-12(2)10-16(18)6/h7-10,19-20H,1-6H3. The maximum Gasteiger partial charge on any atom is 0.402 e. The Morgan fingerprint density at radius 2 is 0.810 bits per heavy atom. The van der Waals surface area contributed by atoms with Crippen molar-refractivity contribution in [1.82, 2.24) is 0 Å². The summed E-state index contributed by atoms with van der Waals surface area (Å²) in [6.45, 7) is 11.9. The smallest absolute Gasteiger partial charge is 0.402 e. The highest BCUT2D eigenvalue weighted by molar-refractivity contribution is 6.91. The van der Waals surface area contributed by atoms with Gasteiger partial charge in [0.05, 0.1) is 0 Å². The third-order valence-electron chi connectivity index (χ3n) is 4.05. The average Bonchev–Trinajstić information content (AvgIpc) is 2.23. The molecule has 0 unspecified atom stereocenters. The Hall–Kier alpha value is -1.42. The Morgan fingerprint density at radius 3 is 1.05 bits per heavy atom. The highest BCUT2D eigenvalue weighted by Gasteiger charge is 2.40. The molecule has 2 rings (SSSR count). The third-order valence-corrected chi connectivity index (χ3v) is 7.02. The van der Waals surface area contributed by atoms with E-state index in [4.69, 9.17) is 0 Å². The van der Waals surface area contributed by atoms with Gasteiger partial charge in [-0.15, -0.1) is 0 Å². The lowest BCUT2D eigenvalue weighted by Gasteiger charge is -2.26. The summed E-state index contributed by atoms with van der Waals surface area (Å²) in [6.07, 6.45) is 0. The molecule has 0 aliphatic rings. The molecule has 2 aromatic rings. The molecule has 0 saturated carbocycles. The van der Waals surface area contributed by atoms with Crippen LogP contribution in [0, 0.1) is 41.5 Å². The van der Waals surface area contributed by atoms with Crippen molar-refractivity contribution in [2.24, 2.45) is 0 Å². The number of benzene rings is 2. The van der Waals surface area contributed by atoms with Crippen LogP contribution >= 0.6 is 0 Å². The molecule has 2 aromatic carbocycles. The lowest BCUT2D eigenvalue weighted by Crippen LogP contribution is -2.62. The maximum absolute atomic E-state index is 11.1. The highest BCUT2D eigenvalue weighted by atomic mass is 28.4. The Balaban J connectivity index is 2.74. The van der Waals surface area contributed by atoms with Gasteiger partial charge in [0, 0.05) is 10.4 Å². The molecule has 0 aliphatic heterocycles. The molecular weight excluding hydrogens is 276 g/mol. The number of hydrogen-bond acceptors (Lipinski definition) is 2. The summed E-state index contributed by atoms with van der Waals surface area (Å²) >= 11 is 0. The van der Waals surface area contributed by atoms with Gasteiger partial charge in [-0.25, -0.2) is 0 Å². The van der Waals surface area contributed by atoms with E-state index in [1.807, 2.05) is 65.8 Å². The van der Waals surface area contributed by atoms with Crippen molar-refractivity contribution in [2.45, 2.75) is 41.5 Å². The van der Waals surface area contributed by atoms with Gasteiger partial charge < -0.3 is 9.59 Å². The molecule has 0 bridgehead atoms. The summed E-state index contributed by atoms with van der Waals surface area (Å²) in [7, 11) is -3.68. The molecule has 0 aromatic heterocycles. The predicted molar refractivity (Wildman–Crippen MR) is 90.8 cm³/mol. The van der Waals surface area contributed by atoms with E-state index in [1.165, 1.54) is 0 Å². The second-order valence-electron chi connectivity index (χ2n) is 6.22. The molecule has 0 fully saturated rings. The first-order valence-corrected chi connectivity index (χ1v) is 9.15. The number of hydrogen-bond donors (Lipinski definition) is 2. The normalized spacial score (nSPS) is 11.8. The average molecular weight is 300 g/mol. The molecule has 0 saturated heterocycles. The molecule has 2 N–H and O–H groups in total. The fourth-order valence-corrected chi connectivity index (χ4v) is 6.32. The zero-order chi connectivity index (χ0) is 15.9. The summed E-state index contributed by atoms with van der Waals surface area (Å²) in [5, 5.41) is 1.45. The lowest BCUT2D eigenvalue weighted by molar-refractivity contribution is 0.400. The number of rotatable bonds is 2. The molecule has 0 atom stereocenters. The van der Waals surface area contributed by atoms with Crippen LogP contribution < -0.4 is 10.4 Å². The van der Waals surface area contributed by atoms with E-state index >= 15 is 0 Å². The molecule has 2 nitrogen and oxygen atoms in total. The Morgan fingerprint density at radius 1 is 0.571 bits per heavy atom. The zero-order valence-corrected chi connectivity index (χ0v) is 14.7. The molecule has 0 amide bonds. The SMILES string of the molecule is Cc1cc(C)c([Si](O)(O)c2c(C)cc(C)cc2C)c(C)c1. The van der Waals surface area contributed by atoms with Gasteiger partial charge in [-0.2, -0.15) is 0 Å². The first-order chi connectivity index (χ1) is 9.64. The second kappa shape index (κ2) is 5.41. The quantitative estimate of drug-likeness (QED) is 0.834. The third kappa shape index (κ3) is 2.82. The van der Waals surface area contributed by atoms with Gasteiger partial charge in [-0.3, -0.25) is 0 Å². The van der Waals surface area contributed by atoms with Crippen LogP contribution in [-0.4, -0.2) is 18.2 Å². The fraction of sp³-hybridized carbons (Fsp3) is 0.333. The van der Waals surface area contributed by atoms with Crippen molar-refractivity contribution >= 4 is 18.9 Å². The topological polar surface area (TPSA) is 40.5 Å². The van der Waals surface area contributed by atoms with E-state index in [0.717, 1.165) is 43.8 Å². The van der Waals surface area contributed by atoms with E-state index in [-0.39, 0.29) is 0 Å². The Bertz CT molecular complexity index is 597. The number of aryl methyl sites for hydroxylation is 6. The van der Waals surface area contributed by atoms with Crippen molar-refractivity contribution in [3.63, 3.8) is 0 Å². The van der Waals surface area contributed by atoms with E-state index in [9.17, 15) is 9.59 Å². The van der Waals surface area contributed by atoms with Crippen molar-refractivity contribution in [2.75, 3.05) is 0 Å². The van der Waals surface area contributed by atoms with Crippen LogP contribution in [0.25, 0.3) is 0 Å². The first-order valence-electron chi connectivity index (χ1n) is 7.26. The van der Waals surface area contributed by atoms with Gasteiger partial charge >= 0.3 is 8.56 Å². The first kappa shape index (κ1) is 16.0. The second-order valence-corrected chi connectivity index (χ2v) is 8.56. The largest absolute Gasteiger partial charge is 0.404 e. The summed E-state index contributed by atoms with van der Waals surface area (Å²) in [5.41, 5.74) is 6.14. The van der Waals surface area contributed by atoms with Crippen molar-refractivity contribution in [3.05, 3.63) is 57.6 Å². The van der Waals surface area contributed by atoms with E-state index in [1.54, 1.807) is 0 Å². The van der Waals surface area contributed by atoms with Gasteiger partial charge in [0.25, 0.3) is 0 Å². The van der Waals surface area contributed by atoms with Crippen LogP contribution in [0.3, 0.4) is 0 Å². The predicted octanol–water partition coefficient (Wildman–Crippen LogP) is 2.08. The lowest BCUT2D eigenvalue weighted by atomic mass is 10.1. The fourth-order valence-electron chi connectivity index (χ4n) is 3.58. The molecule has 21 heavy (non-hydrogen) atoms. The van der Waals surface area contributed by atoms with Gasteiger partial charge in [-0.1, -0.05) is 35.4 Å². The minimum absolute atomic E-state index is 0.725. The monoisotopic (exact) mass is 300 g/mol. The van der Waals surface area contributed by atoms with Crippen LogP contribution in [0.15, 0.2) is 24.3 Å². The van der Waals surface area contributed by atoms with E-state index in [2.05, 4.69) is 0 Å². The molecule has 3 heteroatoms. The van der Waals surface area contributed by atoms with Gasteiger partial charge in [0.2, 0.25) is 0 Å². The summed E-state index contributed by atoms with van der Waals surface area (Å²) < 4.78 is 0.